The van der Waals surface area contributed by atoms with E-state index in [1.54, 1.807) is 26.8 Å². The van der Waals surface area contributed by atoms with E-state index in [2.05, 4.69) is 0 Å². The van der Waals surface area contributed by atoms with Gasteiger partial charge in [0.1, 0.15) is 6.10 Å². The fourth-order valence-electron chi connectivity index (χ4n) is 9.51. The maximum Gasteiger partial charge on any atom is 0.342 e. The van der Waals surface area contributed by atoms with Crippen LogP contribution in [0.3, 0.4) is 0 Å². The van der Waals surface area contributed by atoms with Crippen LogP contribution in [-0.4, -0.2) is 73.6 Å². The van der Waals surface area contributed by atoms with Crippen LogP contribution < -0.4 is 0 Å². The number of esters is 2. The summed E-state index contributed by atoms with van der Waals surface area (Å²) in [6, 6.07) is 0. The molecule has 1 spiro atoms. The van der Waals surface area contributed by atoms with Gasteiger partial charge in [-0.05, 0) is 56.9 Å². The summed E-state index contributed by atoms with van der Waals surface area (Å²) in [6.45, 7) is 6.53. The number of aliphatic hydroxyl groups excluding tert-OH is 1. The van der Waals surface area contributed by atoms with Gasteiger partial charge in [0.05, 0.1) is 29.3 Å². The first-order valence-corrected chi connectivity index (χ1v) is 13.4. The molecule has 38 heavy (non-hydrogen) atoms. The van der Waals surface area contributed by atoms with Crippen LogP contribution in [0.15, 0.2) is 23.8 Å². The van der Waals surface area contributed by atoms with Crippen LogP contribution in [0.4, 0.5) is 0 Å². The van der Waals surface area contributed by atoms with Gasteiger partial charge in [0.2, 0.25) is 5.79 Å². The van der Waals surface area contributed by atoms with Gasteiger partial charge < -0.3 is 29.5 Å². The number of carbonyl (C=O) groups is 4. The Morgan fingerprint density at radius 3 is 2.50 bits per heavy atom. The number of fused-ring (bicyclic) bond motifs is 9. The van der Waals surface area contributed by atoms with Gasteiger partial charge in [-0.2, -0.15) is 0 Å². The molecule has 5 fully saturated rings. The molecule has 7 aliphatic rings. The lowest BCUT2D eigenvalue weighted by Crippen LogP contribution is -2.78. The Kier molecular flexibility index (Phi) is 4.31. The largest absolute Gasteiger partial charge is 0.458 e. The Labute approximate surface area is 219 Å². The Morgan fingerprint density at radius 1 is 1.08 bits per heavy atom. The van der Waals surface area contributed by atoms with Crippen LogP contribution in [0.1, 0.15) is 53.4 Å². The molecule has 1 saturated carbocycles. The van der Waals surface area contributed by atoms with E-state index in [1.807, 2.05) is 0 Å². The third kappa shape index (κ3) is 2.19. The van der Waals surface area contributed by atoms with Crippen molar-refractivity contribution in [1.29, 1.82) is 0 Å². The molecule has 10 nitrogen and oxygen atoms in total. The normalized spacial score (nSPS) is 58.1. The molecule has 3 N–H and O–H groups in total. The van der Waals surface area contributed by atoms with Gasteiger partial charge in [-0.1, -0.05) is 31.6 Å². The first-order valence-electron chi connectivity index (χ1n) is 13.4. The third-order valence-electron chi connectivity index (χ3n) is 11.8. The van der Waals surface area contributed by atoms with Gasteiger partial charge in [-0.3, -0.25) is 14.4 Å². The molecule has 4 aliphatic heterocycles. The Bertz CT molecular complexity index is 1300. The molecule has 0 aromatic heterocycles. The molecule has 3 aliphatic carbocycles. The van der Waals surface area contributed by atoms with Crippen molar-refractivity contribution in [2.24, 2.45) is 34.5 Å². The quantitative estimate of drug-likeness (QED) is 0.299. The van der Waals surface area contributed by atoms with Crippen LogP contribution in [0.2, 0.25) is 0 Å². The van der Waals surface area contributed by atoms with Crippen LogP contribution in [0, 0.1) is 34.5 Å². The molecule has 0 aromatic rings. The summed E-state index contributed by atoms with van der Waals surface area (Å²) in [5.41, 5.74) is -7.93. The minimum absolute atomic E-state index is 0.0287. The summed E-state index contributed by atoms with van der Waals surface area (Å²) in [7, 11) is 0. The lowest BCUT2D eigenvalue weighted by Gasteiger charge is -2.61. The predicted octanol–water partition coefficient (Wildman–Crippen LogP) is 0.510. The lowest BCUT2D eigenvalue weighted by molar-refractivity contribution is -0.350. The first-order chi connectivity index (χ1) is 17.6. The van der Waals surface area contributed by atoms with E-state index in [0.29, 0.717) is 12.0 Å². The molecule has 4 bridgehead atoms. The highest BCUT2D eigenvalue weighted by Crippen LogP contribution is 2.73. The minimum Gasteiger partial charge on any atom is -0.458 e. The summed E-state index contributed by atoms with van der Waals surface area (Å²) in [5.74, 6) is -9.59. The van der Waals surface area contributed by atoms with Crippen molar-refractivity contribution in [2.75, 3.05) is 0 Å². The van der Waals surface area contributed by atoms with Crippen LogP contribution in [-0.2, 0) is 33.4 Å². The highest BCUT2D eigenvalue weighted by Gasteiger charge is 2.92. The van der Waals surface area contributed by atoms with Gasteiger partial charge in [-0.15, -0.1) is 0 Å². The SMILES string of the molecule is C[C@@H]1C(=O)OC2C[C@@]1(C)[C@@H]1C(=O)[C@]3(O)O[C@]14[C@@]2(C)OC(=O)[C@@]4(O)CC[C@H]1[C@H]3[C@H](O)C=C2CC=CC(=O)[C@@]21C. The number of Topliss-reactive ketones (excluding diaryl/α,β-unsaturated/α-hetero) is 1. The molecule has 0 amide bonds. The first kappa shape index (κ1) is 24.6. The molecule has 7 rings (SSSR count). The zero-order valence-corrected chi connectivity index (χ0v) is 21.7. The van der Waals surface area contributed by atoms with Crippen molar-refractivity contribution in [2.45, 2.75) is 88.2 Å². The van der Waals surface area contributed by atoms with E-state index in [0.717, 1.165) is 0 Å². The number of allylic oxidation sites excluding steroid dienone is 3. The third-order valence-corrected chi connectivity index (χ3v) is 11.8. The van der Waals surface area contributed by atoms with Crippen molar-refractivity contribution in [3.63, 3.8) is 0 Å². The van der Waals surface area contributed by atoms with Gasteiger partial charge >= 0.3 is 11.9 Å². The van der Waals surface area contributed by atoms with Crippen molar-refractivity contribution in [3.8, 4) is 0 Å². The number of hydrogen-bond donors (Lipinski definition) is 3. The maximum atomic E-state index is 14.6. The van der Waals surface area contributed by atoms with Crippen molar-refractivity contribution < 1.29 is 48.7 Å². The average Bonchev–Trinajstić information content (AvgIpc) is 3.19. The van der Waals surface area contributed by atoms with Gasteiger partial charge in [0.15, 0.2) is 28.4 Å². The molecule has 0 aromatic carbocycles. The molecular weight excluding hydrogens is 496 g/mol. The molecule has 12 atom stereocenters. The molecule has 1 unspecified atom stereocenters. The molecular formula is C28H32O10. The zero-order valence-electron chi connectivity index (χ0n) is 21.7. The summed E-state index contributed by atoms with van der Waals surface area (Å²) < 4.78 is 18.0. The smallest absolute Gasteiger partial charge is 0.342 e. The van der Waals surface area contributed by atoms with E-state index in [-0.39, 0.29) is 25.0 Å². The zero-order chi connectivity index (χ0) is 27.4. The van der Waals surface area contributed by atoms with Crippen LogP contribution in [0.5, 0.6) is 0 Å². The molecule has 10 heteroatoms. The summed E-state index contributed by atoms with van der Waals surface area (Å²) in [6.07, 6.45) is 2.66. The monoisotopic (exact) mass is 528 g/mol. The molecule has 4 heterocycles. The van der Waals surface area contributed by atoms with Crippen LogP contribution >= 0.6 is 0 Å². The van der Waals surface area contributed by atoms with Crippen LogP contribution in [0.25, 0.3) is 0 Å². The Morgan fingerprint density at radius 2 is 1.79 bits per heavy atom. The summed E-state index contributed by atoms with van der Waals surface area (Å²) in [4.78, 5) is 54.6. The number of rotatable bonds is 0. The maximum absolute atomic E-state index is 14.6. The molecule has 204 valence electrons. The van der Waals surface area contributed by atoms with Gasteiger partial charge in [0.25, 0.3) is 0 Å². The second-order valence-electron chi connectivity index (χ2n) is 13.1. The Hall–Kier alpha value is -2.40. The number of hydrogen-bond acceptors (Lipinski definition) is 10. The van der Waals surface area contributed by atoms with E-state index in [4.69, 9.17) is 14.2 Å². The fourth-order valence-corrected chi connectivity index (χ4v) is 9.51. The van der Waals surface area contributed by atoms with E-state index >= 15 is 0 Å². The van der Waals surface area contributed by atoms with Gasteiger partial charge in [0, 0.05) is 0 Å². The fraction of sp³-hybridized carbons (Fsp3) is 0.714. The average molecular weight is 529 g/mol. The van der Waals surface area contributed by atoms with Crippen molar-refractivity contribution in [1.82, 2.24) is 0 Å². The highest BCUT2D eigenvalue weighted by atomic mass is 16.7. The number of ether oxygens (including phenoxy) is 3. The molecule has 0 radical (unpaired) electrons. The van der Waals surface area contributed by atoms with E-state index < -0.39 is 87.0 Å². The van der Waals surface area contributed by atoms with Crippen molar-refractivity contribution >= 4 is 23.5 Å². The number of carbonyl (C=O) groups excluding carboxylic acids is 4. The topological polar surface area (TPSA) is 157 Å². The standard InChI is InChI=1S/C28H32O10/c1-12-21(32)36-17-11-23(12,2)19-20(31)27(35)18-14(24(3)13(10-15(18)29)6-5-7-16(24)30)8-9-26(34)22(33)37-25(17,4)28(19,26)38-27/h5,7,10,12,14-15,17-19,29,34-35H,6,8-9,11H2,1-4H3/t12-,14+,15-,17?,18+,19+,23-,24+,25+,26+,27-,28+/m1/s1. The number of ketones is 2. The second-order valence-corrected chi connectivity index (χ2v) is 13.1. The molecule has 4 saturated heterocycles. The lowest BCUT2D eigenvalue weighted by atomic mass is 9.46. The van der Waals surface area contributed by atoms with Crippen molar-refractivity contribution in [3.05, 3.63) is 23.8 Å². The predicted molar refractivity (Wildman–Crippen MR) is 126 cm³/mol. The Balaban J connectivity index is 1.52. The second kappa shape index (κ2) is 6.66. The van der Waals surface area contributed by atoms with Gasteiger partial charge in [-0.25, -0.2) is 4.79 Å². The summed E-state index contributed by atoms with van der Waals surface area (Å²) >= 11 is 0. The minimum atomic E-state index is -2.67. The number of aliphatic hydroxyl groups is 3. The highest BCUT2D eigenvalue weighted by molar-refractivity contribution is 6.01. The summed E-state index contributed by atoms with van der Waals surface area (Å²) in [5, 5.41) is 36.1. The van der Waals surface area contributed by atoms with E-state index in [9.17, 15) is 34.5 Å². The van der Waals surface area contributed by atoms with E-state index in [1.165, 1.54) is 19.1 Å².